The van der Waals surface area contributed by atoms with Crippen molar-refractivity contribution >= 4 is 17.8 Å². The second-order valence-electron chi connectivity index (χ2n) is 5.23. The van der Waals surface area contributed by atoms with Gasteiger partial charge in [-0.25, -0.2) is 0 Å². The van der Waals surface area contributed by atoms with Crippen LogP contribution >= 0.6 is 0 Å². The van der Waals surface area contributed by atoms with E-state index in [1.165, 1.54) is 12.0 Å². The van der Waals surface area contributed by atoms with Crippen molar-refractivity contribution in [1.82, 2.24) is 4.90 Å². The van der Waals surface area contributed by atoms with Gasteiger partial charge >= 0.3 is 5.97 Å². The maximum Gasteiger partial charge on any atom is 0.309 e. The number of piperidine rings is 1. The van der Waals surface area contributed by atoms with Crippen LogP contribution in [0.5, 0.6) is 0 Å². The molecule has 0 spiro atoms. The highest BCUT2D eigenvalue weighted by Crippen LogP contribution is 2.47. The van der Waals surface area contributed by atoms with Gasteiger partial charge in [0.2, 0.25) is 11.8 Å². The third-order valence-electron chi connectivity index (χ3n) is 3.97. The predicted molar refractivity (Wildman–Crippen MR) is 69.3 cm³/mol. The van der Waals surface area contributed by atoms with Gasteiger partial charge in [0.1, 0.15) is 0 Å². The molecule has 1 aromatic rings. The van der Waals surface area contributed by atoms with E-state index in [4.69, 9.17) is 0 Å². The fraction of sp³-hybridized carbons (Fsp3) is 0.400. The number of benzene rings is 1. The van der Waals surface area contributed by atoms with E-state index >= 15 is 0 Å². The van der Waals surface area contributed by atoms with Crippen LogP contribution in [0.4, 0.5) is 0 Å². The van der Waals surface area contributed by atoms with E-state index in [0.717, 1.165) is 11.1 Å². The summed E-state index contributed by atoms with van der Waals surface area (Å²) in [4.78, 5) is 36.6. The Morgan fingerprint density at radius 3 is 2.40 bits per heavy atom. The number of esters is 1. The quantitative estimate of drug-likeness (QED) is 0.604. The van der Waals surface area contributed by atoms with Crippen molar-refractivity contribution in [3.05, 3.63) is 35.4 Å². The number of ether oxygens (including phenoxy) is 1. The lowest BCUT2D eigenvalue weighted by Gasteiger charge is -2.18. The number of methoxy groups -OCH3 is 1. The molecule has 0 bridgehead atoms. The fourth-order valence-electron chi connectivity index (χ4n) is 2.69. The zero-order chi connectivity index (χ0) is 14.3. The van der Waals surface area contributed by atoms with Crippen molar-refractivity contribution < 1.29 is 19.1 Å². The molecule has 1 aliphatic heterocycles. The summed E-state index contributed by atoms with van der Waals surface area (Å²) in [6.45, 7) is 0.248. The molecule has 1 aliphatic carbocycles. The molecule has 2 unspecified atom stereocenters. The lowest BCUT2D eigenvalue weighted by atomic mass is 10.0. The Kier molecular flexibility index (Phi) is 3.04. The fourth-order valence-corrected chi connectivity index (χ4v) is 2.69. The third-order valence-corrected chi connectivity index (χ3v) is 3.97. The molecule has 2 aliphatic rings. The molecule has 20 heavy (non-hydrogen) atoms. The number of carbonyl (C=O) groups is 3. The van der Waals surface area contributed by atoms with E-state index in [2.05, 4.69) is 4.74 Å². The van der Waals surface area contributed by atoms with E-state index in [1.807, 2.05) is 24.3 Å². The number of amides is 2. The largest absolute Gasteiger partial charge is 0.469 e. The summed E-state index contributed by atoms with van der Waals surface area (Å²) in [6.07, 6.45) is 0.855. The first-order valence-corrected chi connectivity index (χ1v) is 6.60. The molecule has 0 N–H and O–H groups in total. The molecule has 0 aromatic heterocycles. The number of hydrogen-bond acceptors (Lipinski definition) is 4. The van der Waals surface area contributed by atoms with Gasteiger partial charge in [0.25, 0.3) is 0 Å². The van der Waals surface area contributed by atoms with Crippen molar-refractivity contribution in [3.63, 3.8) is 0 Å². The molecule has 2 atom stereocenters. The van der Waals surface area contributed by atoms with E-state index in [1.54, 1.807) is 0 Å². The number of hydrogen-bond donors (Lipinski definition) is 0. The van der Waals surface area contributed by atoms with Crippen LogP contribution in [0.1, 0.15) is 17.5 Å². The Labute approximate surface area is 116 Å². The molecular weight excluding hydrogens is 258 g/mol. The highest BCUT2D eigenvalue weighted by molar-refractivity contribution is 6.08. The van der Waals surface area contributed by atoms with Crippen LogP contribution in [-0.2, 0) is 32.1 Å². The van der Waals surface area contributed by atoms with Crippen molar-refractivity contribution in [2.45, 2.75) is 19.4 Å². The van der Waals surface area contributed by atoms with E-state index < -0.39 is 0 Å². The summed E-state index contributed by atoms with van der Waals surface area (Å²) in [7, 11) is 1.34. The Morgan fingerprint density at radius 1 is 1.20 bits per heavy atom. The van der Waals surface area contributed by atoms with Gasteiger partial charge in [-0.2, -0.15) is 0 Å². The average Bonchev–Trinajstić information content (AvgIpc) is 3.21. The molecule has 1 saturated carbocycles. The molecule has 1 heterocycles. The van der Waals surface area contributed by atoms with Crippen LogP contribution in [-0.4, -0.2) is 29.8 Å². The van der Waals surface area contributed by atoms with Crippen LogP contribution in [0.25, 0.3) is 0 Å². The minimum Gasteiger partial charge on any atom is -0.469 e. The van der Waals surface area contributed by atoms with Crippen molar-refractivity contribution in [2.75, 3.05) is 7.11 Å². The summed E-state index contributed by atoms with van der Waals surface area (Å²) in [5.74, 6) is -0.661. The Balaban J connectivity index is 1.79. The van der Waals surface area contributed by atoms with Crippen LogP contribution in [0.15, 0.2) is 24.3 Å². The second kappa shape index (κ2) is 4.74. The number of carbonyl (C=O) groups excluding carboxylic acids is 3. The zero-order valence-electron chi connectivity index (χ0n) is 11.2. The summed E-state index contributed by atoms with van der Waals surface area (Å²) < 4.78 is 4.66. The number of likely N-dealkylation sites (tertiary alicyclic amines) is 1. The third kappa shape index (κ3) is 2.09. The minimum absolute atomic E-state index is 0.0760. The molecule has 1 saturated heterocycles. The van der Waals surface area contributed by atoms with Crippen molar-refractivity contribution in [3.8, 4) is 0 Å². The summed E-state index contributed by atoms with van der Waals surface area (Å²) in [5.41, 5.74) is 1.61. The first-order chi connectivity index (χ1) is 9.61. The molecule has 1 aromatic carbocycles. The van der Waals surface area contributed by atoms with Crippen molar-refractivity contribution in [1.29, 1.82) is 0 Å². The van der Waals surface area contributed by atoms with E-state index in [9.17, 15) is 14.4 Å². The van der Waals surface area contributed by atoms with Gasteiger partial charge in [-0.05, 0) is 17.5 Å². The molecule has 5 nitrogen and oxygen atoms in total. The number of fused-ring (bicyclic) bond motifs is 1. The predicted octanol–water partition coefficient (Wildman–Crippen LogP) is 0.907. The summed E-state index contributed by atoms with van der Waals surface area (Å²) in [6, 6.07) is 7.31. The topological polar surface area (TPSA) is 63.7 Å². The monoisotopic (exact) mass is 273 g/mol. The molecule has 3 rings (SSSR count). The van der Waals surface area contributed by atoms with Gasteiger partial charge in [-0.3, -0.25) is 19.3 Å². The maximum atomic E-state index is 12.0. The van der Waals surface area contributed by atoms with Gasteiger partial charge in [0.15, 0.2) is 0 Å². The lowest BCUT2D eigenvalue weighted by molar-refractivity contribution is -0.142. The lowest BCUT2D eigenvalue weighted by Crippen LogP contribution is -2.32. The number of nitrogens with zero attached hydrogens (tertiary/aromatic N) is 1. The molecule has 2 amide bonds. The SMILES string of the molecule is COC(=O)Cc1ccccc1CN1C(=O)C2CC2C1=O. The average molecular weight is 273 g/mol. The number of imide groups is 1. The number of rotatable bonds is 4. The maximum absolute atomic E-state index is 12.0. The van der Waals surface area contributed by atoms with E-state index in [-0.39, 0.29) is 42.6 Å². The Hall–Kier alpha value is -2.17. The molecule has 0 radical (unpaired) electrons. The minimum atomic E-state index is -0.334. The summed E-state index contributed by atoms with van der Waals surface area (Å²) in [5, 5.41) is 0. The highest BCUT2D eigenvalue weighted by Gasteiger charge is 2.58. The summed E-state index contributed by atoms with van der Waals surface area (Å²) >= 11 is 0. The van der Waals surface area contributed by atoms with Gasteiger partial charge in [-0.15, -0.1) is 0 Å². The first kappa shape index (κ1) is 12.8. The molecule has 2 fully saturated rings. The molecular formula is C15H15NO4. The molecule has 5 heteroatoms. The highest BCUT2D eigenvalue weighted by atomic mass is 16.5. The van der Waals surface area contributed by atoms with Crippen LogP contribution in [0, 0.1) is 11.8 Å². The second-order valence-corrected chi connectivity index (χ2v) is 5.23. The smallest absolute Gasteiger partial charge is 0.309 e. The Bertz CT molecular complexity index is 575. The molecule has 104 valence electrons. The van der Waals surface area contributed by atoms with Gasteiger partial charge in [-0.1, -0.05) is 24.3 Å². The Morgan fingerprint density at radius 2 is 1.80 bits per heavy atom. The van der Waals surface area contributed by atoms with Crippen molar-refractivity contribution in [2.24, 2.45) is 11.8 Å². The van der Waals surface area contributed by atoms with Gasteiger partial charge < -0.3 is 4.74 Å². The standard InChI is InChI=1S/C15H15NO4/c1-20-13(17)6-9-4-2-3-5-10(9)8-16-14(18)11-7-12(11)15(16)19/h2-5,11-12H,6-8H2,1H3. The van der Waals surface area contributed by atoms with Crippen LogP contribution < -0.4 is 0 Å². The van der Waals surface area contributed by atoms with E-state index in [0.29, 0.717) is 6.42 Å². The van der Waals surface area contributed by atoms with Crippen LogP contribution in [0.3, 0.4) is 0 Å². The first-order valence-electron chi connectivity index (χ1n) is 6.60. The van der Waals surface area contributed by atoms with Gasteiger partial charge in [0, 0.05) is 0 Å². The normalized spacial score (nSPS) is 23.8. The van der Waals surface area contributed by atoms with Crippen LogP contribution in [0.2, 0.25) is 0 Å². The van der Waals surface area contributed by atoms with Gasteiger partial charge in [0.05, 0.1) is 31.9 Å². The zero-order valence-corrected chi connectivity index (χ0v) is 11.2.